The van der Waals surface area contributed by atoms with Gasteiger partial charge >= 0.3 is 30.2 Å². The van der Waals surface area contributed by atoms with E-state index >= 15 is 0 Å². The molecule has 6 heterocycles. The van der Waals surface area contributed by atoms with Crippen molar-refractivity contribution in [1.82, 2.24) is 21.3 Å². The fourth-order valence-corrected chi connectivity index (χ4v) is 9.94. The number of hydrogen-bond donors (Lipinski definition) is 4. The predicted molar refractivity (Wildman–Crippen MR) is 204 cm³/mol. The molecule has 0 radical (unpaired) electrons. The van der Waals surface area contributed by atoms with Crippen LogP contribution in [-0.2, 0) is 19.1 Å². The monoisotopic (exact) mass is 852 g/mol. The van der Waals surface area contributed by atoms with E-state index in [9.17, 15) is 31.1 Å². The summed E-state index contributed by atoms with van der Waals surface area (Å²) in [6.07, 6.45) is 14.9. The first kappa shape index (κ1) is 48.2. The van der Waals surface area contributed by atoms with Crippen molar-refractivity contribution in [3.8, 4) is 0 Å². The van der Waals surface area contributed by atoms with E-state index in [1.807, 2.05) is 0 Å². The molecule has 6 aliphatic rings. The Bertz CT molecular complexity index is 1450. The van der Waals surface area contributed by atoms with Crippen LogP contribution in [0.5, 0.6) is 0 Å². The van der Waals surface area contributed by atoms with E-state index in [4.69, 9.17) is 24.5 Å². The van der Waals surface area contributed by atoms with Gasteiger partial charge in [0.15, 0.2) is 0 Å². The van der Waals surface area contributed by atoms with Crippen LogP contribution in [0.25, 0.3) is 0 Å². The van der Waals surface area contributed by atoms with E-state index in [0.29, 0.717) is 24.2 Å². The van der Waals surface area contributed by atoms with Crippen LogP contribution >= 0.6 is 0 Å². The lowest BCUT2D eigenvalue weighted by atomic mass is 9.89. The number of halogens is 6. The highest BCUT2D eigenvalue weighted by atomic mass is 19.4. The number of rotatable bonds is 16. The highest BCUT2D eigenvalue weighted by Gasteiger charge is 2.53. The second-order valence-electron chi connectivity index (χ2n) is 17.5. The molecule has 6 aliphatic heterocycles. The van der Waals surface area contributed by atoms with Gasteiger partial charge in [-0.2, -0.15) is 26.3 Å². The number of alkyl halides is 6. The predicted octanol–water partition coefficient (Wildman–Crippen LogP) is 4.12. The van der Waals surface area contributed by atoms with Crippen LogP contribution < -0.4 is 31.5 Å². The van der Waals surface area contributed by atoms with Gasteiger partial charge < -0.3 is 24.5 Å². The van der Waals surface area contributed by atoms with E-state index in [1.54, 1.807) is 0 Å². The summed E-state index contributed by atoms with van der Waals surface area (Å²) in [5.41, 5.74) is 0. The number of carboxylic acid groups (broad SMARTS) is 2. The summed E-state index contributed by atoms with van der Waals surface area (Å²) < 4.78 is 74.4. The van der Waals surface area contributed by atoms with Gasteiger partial charge in [-0.15, -0.1) is 0 Å². The van der Waals surface area contributed by atoms with Crippen molar-refractivity contribution in [2.75, 3.05) is 0 Å². The number of unbranched alkanes of at least 4 members (excludes halogenated alkanes) is 8. The first-order chi connectivity index (χ1) is 27.8. The molecule has 0 aliphatic carbocycles. The minimum Gasteiger partial charge on any atom is -0.542 e. The van der Waals surface area contributed by atoms with Crippen LogP contribution in [0.4, 0.5) is 26.3 Å². The molecule has 4 N–H and O–H groups in total. The maximum atomic E-state index is 13.5. The zero-order chi connectivity index (χ0) is 43.5. The first-order valence-corrected chi connectivity index (χ1v) is 21.9. The highest BCUT2D eigenvalue weighted by molar-refractivity contribution is 5.81. The van der Waals surface area contributed by atoms with Crippen molar-refractivity contribution in [2.45, 2.75) is 223 Å². The average Bonchev–Trinajstić information content (AvgIpc) is 3.75. The number of esters is 1. The van der Waals surface area contributed by atoms with Crippen LogP contribution in [0, 0.1) is 5.92 Å². The van der Waals surface area contributed by atoms with Gasteiger partial charge in [0.25, 0.3) is 0 Å². The summed E-state index contributed by atoms with van der Waals surface area (Å²) in [5.74, 6) is -3.58. The Balaban J connectivity index is 0.000000471. The van der Waals surface area contributed by atoms with Gasteiger partial charge in [0.05, 0.1) is 54.4 Å². The number of ether oxygens (including phenoxy) is 1. The van der Waals surface area contributed by atoms with E-state index in [0.717, 1.165) is 31.3 Å². The fraction of sp³-hybridized carbons (Fsp3) is 0.878. The van der Waals surface area contributed by atoms with Crippen LogP contribution in [-0.4, -0.2) is 106 Å². The molecule has 0 spiro atoms. The molecule has 338 valence electrons. The Labute approximate surface area is 344 Å². The van der Waals surface area contributed by atoms with E-state index in [-0.39, 0.29) is 30.1 Å². The summed E-state index contributed by atoms with van der Waals surface area (Å²) >= 11 is 0. The van der Waals surface area contributed by atoms with Crippen molar-refractivity contribution >= 4 is 29.8 Å². The molecule has 18 heteroatoms. The number of carboxylic acids is 2. The molecule has 0 bridgehead atoms. The molecule has 10 atom stereocenters. The highest BCUT2D eigenvalue weighted by Crippen LogP contribution is 2.36. The quantitative estimate of drug-likeness (QED) is 0.0771. The molecule has 2 saturated heterocycles. The molecule has 6 rings (SSSR count). The van der Waals surface area contributed by atoms with Gasteiger partial charge in [0.2, 0.25) is 0 Å². The van der Waals surface area contributed by atoms with E-state index in [1.165, 1.54) is 121 Å². The number of nitrogens with zero attached hydrogens (tertiary/aromatic N) is 2. The third-order valence-electron chi connectivity index (χ3n) is 12.7. The smallest absolute Gasteiger partial charge is 0.430 e. The van der Waals surface area contributed by atoms with Gasteiger partial charge in [-0.05, 0) is 72.1 Å². The Morgan fingerprint density at radius 3 is 1.68 bits per heavy atom. The lowest BCUT2D eigenvalue weighted by Gasteiger charge is -2.38. The van der Waals surface area contributed by atoms with Crippen molar-refractivity contribution in [3.05, 3.63) is 0 Å². The van der Waals surface area contributed by atoms with E-state index in [2.05, 4.69) is 58.1 Å². The number of hydrogen-bond acceptors (Lipinski definition) is 10. The van der Waals surface area contributed by atoms with Crippen LogP contribution in [0.15, 0.2) is 0 Å². The molecule has 0 saturated carbocycles. The summed E-state index contributed by atoms with van der Waals surface area (Å²) in [4.78, 5) is 31.1. The topological polar surface area (TPSA) is 161 Å². The van der Waals surface area contributed by atoms with Crippen molar-refractivity contribution in [3.63, 3.8) is 0 Å². The van der Waals surface area contributed by atoms with Gasteiger partial charge in [-0.25, -0.2) is 0 Å². The Kier molecular flexibility index (Phi) is 17.9. The molecular weight excluding hydrogens is 786 g/mol. The molecule has 0 amide bonds. The van der Waals surface area contributed by atoms with Gasteiger partial charge in [0, 0.05) is 19.3 Å². The summed E-state index contributed by atoms with van der Waals surface area (Å²) in [7, 11) is 0. The van der Waals surface area contributed by atoms with Crippen LogP contribution in [0.3, 0.4) is 0 Å². The van der Waals surface area contributed by atoms with Gasteiger partial charge in [-0.3, -0.25) is 35.2 Å². The van der Waals surface area contributed by atoms with Crippen molar-refractivity contribution in [2.24, 2.45) is 5.92 Å². The molecule has 0 aromatic heterocycles. The summed E-state index contributed by atoms with van der Waals surface area (Å²) in [6.45, 7) is 8.89. The number of carbonyl (C=O) groups excluding carboxylic acids is 3. The van der Waals surface area contributed by atoms with Crippen LogP contribution in [0.1, 0.15) is 156 Å². The molecule has 2 fully saturated rings. The second-order valence-corrected chi connectivity index (χ2v) is 17.5. The van der Waals surface area contributed by atoms with Crippen molar-refractivity contribution < 1.29 is 64.8 Å². The average molecular weight is 853 g/mol. The molecular formula is C41H66F6N6O6. The third kappa shape index (κ3) is 14.0. The lowest BCUT2D eigenvalue weighted by molar-refractivity contribution is -0.598. The molecule has 0 aromatic carbocycles. The van der Waals surface area contributed by atoms with Gasteiger partial charge in [-0.1, -0.05) is 64.7 Å². The van der Waals surface area contributed by atoms with Crippen LogP contribution in [0.2, 0.25) is 0 Å². The number of nitrogens with one attached hydrogen (secondary N) is 4. The Morgan fingerprint density at radius 1 is 0.678 bits per heavy atom. The minimum atomic E-state index is -5.19. The van der Waals surface area contributed by atoms with Gasteiger partial charge in [0.1, 0.15) is 17.9 Å². The number of carbonyl (C=O) groups is 3. The third-order valence-corrected chi connectivity index (χ3v) is 12.7. The number of guanidine groups is 2. The molecule has 0 unspecified atom stereocenters. The Morgan fingerprint density at radius 2 is 1.14 bits per heavy atom. The zero-order valence-corrected chi connectivity index (χ0v) is 35.0. The fourth-order valence-electron chi connectivity index (χ4n) is 9.94. The molecule has 59 heavy (non-hydrogen) atoms. The lowest BCUT2D eigenvalue weighted by Crippen LogP contribution is -2.66. The maximum absolute atomic E-state index is 13.5. The zero-order valence-electron chi connectivity index (χ0n) is 35.0. The SMILES string of the molecule is CCCCCCC[C@@H]1C[C@@H]2CC[C@H]3[C@@H](C(=O)O[C@H](C)CCCCCCC[C@@H]4C[C@@H]5CC[C@@H]6C[C@H](C)NC(=[N+]65)N4)[C@@H](C)NC(=[N+]23)N1.O=C([O-])C(F)(F)F.O=C([O-])C(F)(F)F. The Hall–Kier alpha value is -3.47. The largest absolute Gasteiger partial charge is 0.542 e. The maximum Gasteiger partial charge on any atom is 0.430 e. The number of aliphatic carboxylic acids is 2. The van der Waals surface area contributed by atoms with Crippen molar-refractivity contribution in [1.29, 1.82) is 0 Å². The van der Waals surface area contributed by atoms with E-state index < -0.39 is 24.3 Å². The second kappa shape index (κ2) is 21.9. The first-order valence-electron chi connectivity index (χ1n) is 21.9. The molecule has 12 nitrogen and oxygen atoms in total. The summed E-state index contributed by atoms with van der Waals surface area (Å²) in [5, 5.41) is 32.7. The molecule has 0 aromatic rings. The normalized spacial score (nSPS) is 29.8. The summed E-state index contributed by atoms with van der Waals surface area (Å²) in [6, 6.07) is 4.22. The standard InChI is InChI=1S/C37H64N6O2.2C2HF3O2/c1-5-6-7-9-13-16-29-24-32-20-21-33-34(27(4)39-37(41-29)43(32)33)35(44)45-26(3)15-12-10-8-11-14-17-28-23-31-19-18-30-22-25(2)38-36(40-28)42(30)31;2*3-2(4,5)1(6)7/h25-34H,5-24H2,1-4H3,(H2,38,39,40,41);2*(H,6,7)/t25-,26+,27+,28+,29+,30+,31-,32-,33-,34-;;/m0../s1. The minimum absolute atomic E-state index is 0.00382.